The smallest absolute Gasteiger partial charge is 0.408 e. The van der Waals surface area contributed by atoms with E-state index in [1.807, 2.05) is 43.3 Å². The van der Waals surface area contributed by atoms with Gasteiger partial charge < -0.3 is 25.6 Å². The fourth-order valence-electron chi connectivity index (χ4n) is 5.36. The maximum atomic E-state index is 14.2. The Labute approximate surface area is 257 Å². The molecular weight excluding hydrogens is 566 g/mol. The third-order valence-electron chi connectivity index (χ3n) is 7.85. The maximum absolute atomic E-state index is 14.2. The van der Waals surface area contributed by atoms with Crippen LogP contribution in [0.25, 0.3) is 5.70 Å². The number of likely N-dealkylation sites (tertiary alicyclic amines) is 1. The predicted molar refractivity (Wildman–Crippen MR) is 162 cm³/mol. The topological polar surface area (TPSA) is 155 Å². The summed E-state index contributed by atoms with van der Waals surface area (Å²) in [6, 6.07) is 6.30. The molecule has 1 aliphatic carbocycles. The summed E-state index contributed by atoms with van der Waals surface area (Å²) in [4.78, 5) is 73.7. The van der Waals surface area contributed by atoms with Gasteiger partial charge in [0.1, 0.15) is 24.3 Å². The predicted octanol–water partition coefficient (Wildman–Crippen LogP) is 2.36. The lowest BCUT2D eigenvalue weighted by Crippen LogP contribution is -2.59. The normalized spacial score (nSPS) is 22.3. The van der Waals surface area contributed by atoms with E-state index in [0.717, 1.165) is 18.4 Å². The molecule has 4 rings (SSSR count). The van der Waals surface area contributed by atoms with Crippen LogP contribution in [-0.2, 0) is 28.8 Å². The molecule has 12 nitrogen and oxygen atoms in total. The first-order chi connectivity index (χ1) is 20.9. The number of nitrogens with one attached hydrogen (secondary N) is 4. The van der Waals surface area contributed by atoms with E-state index in [0.29, 0.717) is 12.1 Å². The van der Waals surface area contributed by atoms with E-state index in [2.05, 4.69) is 28.0 Å². The lowest BCUT2D eigenvalue weighted by atomic mass is 9.85. The molecule has 238 valence electrons. The standard InChI is InChI=1S/C32H43N5O7/c1-6-11-22(25(38)28(40)33-21-14-15-21)34-27(39)24-18-32(17-23(36-44-32)20-12-9-8-10-13-20)19-37(24)29(41)26(31(3,4)5)35-30(42)43-16-7-2/h7-10,12-13,17,21-22,24,26,36H,2,6,11,14-16,18-19H2,1,3-5H3,(H,33,40)(H,34,39)(H,35,42)/t22-,24-,26+,32+/m0/s1. The molecule has 3 aliphatic rings. The minimum Gasteiger partial charge on any atom is -0.445 e. The van der Waals surface area contributed by atoms with Gasteiger partial charge in [-0.1, -0.05) is 77.1 Å². The summed E-state index contributed by atoms with van der Waals surface area (Å²) in [7, 11) is 0. The first kappa shape index (κ1) is 32.7. The van der Waals surface area contributed by atoms with Gasteiger partial charge in [-0.25, -0.2) is 4.79 Å². The van der Waals surface area contributed by atoms with E-state index < -0.39 is 58.7 Å². The number of carbonyl (C=O) groups excluding carboxylic acids is 5. The van der Waals surface area contributed by atoms with Gasteiger partial charge in [-0.05, 0) is 36.3 Å². The summed E-state index contributed by atoms with van der Waals surface area (Å²) in [6.07, 6.45) is 4.99. The first-order valence-corrected chi connectivity index (χ1v) is 15.1. The average molecular weight is 610 g/mol. The third kappa shape index (κ3) is 7.85. The van der Waals surface area contributed by atoms with Gasteiger partial charge in [0.2, 0.25) is 17.6 Å². The van der Waals surface area contributed by atoms with Crippen LogP contribution in [-0.4, -0.2) is 77.4 Å². The van der Waals surface area contributed by atoms with Crippen molar-refractivity contribution in [1.82, 2.24) is 26.3 Å². The highest BCUT2D eigenvalue weighted by Gasteiger charge is 2.54. The van der Waals surface area contributed by atoms with Gasteiger partial charge in [-0.2, -0.15) is 0 Å². The molecule has 1 saturated heterocycles. The molecule has 1 aromatic carbocycles. The van der Waals surface area contributed by atoms with E-state index >= 15 is 0 Å². The number of hydrogen-bond acceptors (Lipinski definition) is 8. The van der Waals surface area contributed by atoms with Crippen LogP contribution >= 0.6 is 0 Å². The molecule has 12 heteroatoms. The van der Waals surface area contributed by atoms with Crippen LogP contribution < -0.4 is 21.4 Å². The van der Waals surface area contributed by atoms with Crippen LogP contribution in [0.5, 0.6) is 0 Å². The van der Waals surface area contributed by atoms with E-state index in [4.69, 9.17) is 9.57 Å². The van der Waals surface area contributed by atoms with Crippen molar-refractivity contribution in [3.63, 3.8) is 0 Å². The number of hydroxylamine groups is 1. The van der Waals surface area contributed by atoms with Crippen molar-refractivity contribution in [2.45, 2.75) is 89.6 Å². The van der Waals surface area contributed by atoms with E-state index in [1.54, 1.807) is 20.8 Å². The van der Waals surface area contributed by atoms with Crippen LogP contribution in [0.2, 0.25) is 0 Å². The fourth-order valence-corrected chi connectivity index (χ4v) is 5.36. The second-order valence-corrected chi connectivity index (χ2v) is 12.7. The molecule has 0 radical (unpaired) electrons. The number of alkyl carbamates (subject to hydrolysis) is 1. The van der Waals surface area contributed by atoms with Crippen molar-refractivity contribution in [3.05, 3.63) is 54.6 Å². The molecule has 2 aliphatic heterocycles. The lowest BCUT2D eigenvalue weighted by Gasteiger charge is -2.35. The summed E-state index contributed by atoms with van der Waals surface area (Å²) < 4.78 is 5.08. The number of ether oxygens (including phenoxy) is 1. The molecule has 0 aromatic heterocycles. The molecular formula is C32H43N5O7. The van der Waals surface area contributed by atoms with Crippen molar-refractivity contribution in [3.8, 4) is 0 Å². The van der Waals surface area contributed by atoms with Crippen LogP contribution in [0.4, 0.5) is 4.79 Å². The first-order valence-electron chi connectivity index (χ1n) is 15.1. The van der Waals surface area contributed by atoms with Crippen LogP contribution in [0, 0.1) is 5.41 Å². The third-order valence-corrected chi connectivity index (χ3v) is 7.85. The summed E-state index contributed by atoms with van der Waals surface area (Å²) in [5.41, 5.74) is 2.67. The highest BCUT2D eigenvalue weighted by molar-refractivity contribution is 6.38. The van der Waals surface area contributed by atoms with Gasteiger partial charge in [0, 0.05) is 12.5 Å². The Kier molecular flexibility index (Phi) is 10.1. The molecule has 1 saturated carbocycles. The van der Waals surface area contributed by atoms with Crippen molar-refractivity contribution < 1.29 is 33.5 Å². The molecule has 4 amide bonds. The van der Waals surface area contributed by atoms with Crippen molar-refractivity contribution in [2.75, 3.05) is 13.2 Å². The molecule has 2 fully saturated rings. The maximum Gasteiger partial charge on any atom is 0.408 e. The zero-order chi connectivity index (χ0) is 32.1. The Morgan fingerprint density at radius 2 is 1.86 bits per heavy atom. The number of Topliss-reactive ketones (excluding diaryl/α,β-unsaturated/α-hetero) is 1. The molecule has 1 spiro atoms. The summed E-state index contributed by atoms with van der Waals surface area (Å²) in [5, 5.41) is 8.09. The van der Waals surface area contributed by atoms with E-state index in [9.17, 15) is 24.0 Å². The largest absolute Gasteiger partial charge is 0.445 e. The monoisotopic (exact) mass is 609 g/mol. The molecule has 4 atom stereocenters. The summed E-state index contributed by atoms with van der Waals surface area (Å²) in [5.74, 6) is -2.55. The Bertz CT molecular complexity index is 1300. The minimum absolute atomic E-state index is 0.00221. The molecule has 1 aromatic rings. The Morgan fingerprint density at radius 3 is 2.48 bits per heavy atom. The highest BCUT2D eigenvalue weighted by Crippen LogP contribution is 2.38. The van der Waals surface area contributed by atoms with Gasteiger partial charge >= 0.3 is 6.09 Å². The summed E-state index contributed by atoms with van der Waals surface area (Å²) >= 11 is 0. The van der Waals surface area contributed by atoms with Gasteiger partial charge in [0.15, 0.2) is 0 Å². The zero-order valence-corrected chi connectivity index (χ0v) is 25.8. The van der Waals surface area contributed by atoms with E-state index in [1.165, 1.54) is 11.0 Å². The molecule has 0 bridgehead atoms. The van der Waals surface area contributed by atoms with E-state index in [-0.39, 0.29) is 32.0 Å². The zero-order valence-electron chi connectivity index (χ0n) is 25.8. The lowest BCUT2D eigenvalue weighted by molar-refractivity contribution is -0.144. The number of carbonyl (C=O) groups is 5. The number of hydrogen-bond donors (Lipinski definition) is 4. The van der Waals surface area contributed by atoms with Crippen molar-refractivity contribution >= 4 is 35.3 Å². The number of amides is 4. The number of benzene rings is 1. The minimum atomic E-state index is -1.07. The average Bonchev–Trinajstić information content (AvgIpc) is 3.58. The Hall–Kier alpha value is -4.19. The molecule has 4 N–H and O–H groups in total. The quantitative estimate of drug-likeness (QED) is 0.208. The second-order valence-electron chi connectivity index (χ2n) is 12.7. The van der Waals surface area contributed by atoms with Crippen molar-refractivity contribution in [2.24, 2.45) is 5.41 Å². The fraction of sp³-hybridized carbons (Fsp3) is 0.531. The van der Waals surface area contributed by atoms with Gasteiger partial charge in [0.25, 0.3) is 5.91 Å². The van der Waals surface area contributed by atoms with Gasteiger partial charge in [-0.15, -0.1) is 0 Å². The molecule has 2 heterocycles. The number of ketones is 1. The highest BCUT2D eigenvalue weighted by atomic mass is 16.7. The van der Waals surface area contributed by atoms with Crippen molar-refractivity contribution in [1.29, 1.82) is 0 Å². The SMILES string of the molecule is C=CCOC(=O)N[C@H](C(=O)N1C[C@@]2(C=C(c3ccccc3)NO2)C[C@H]1C(=O)N[C@@H](CCC)C(=O)C(=O)NC1CC1)C(C)(C)C. The summed E-state index contributed by atoms with van der Waals surface area (Å²) in [6.45, 7) is 10.7. The van der Waals surface area contributed by atoms with Gasteiger partial charge in [-0.3, -0.25) is 29.5 Å². The molecule has 44 heavy (non-hydrogen) atoms. The second kappa shape index (κ2) is 13.6. The van der Waals surface area contributed by atoms with Crippen LogP contribution in [0.15, 0.2) is 49.1 Å². The Morgan fingerprint density at radius 1 is 1.16 bits per heavy atom. The van der Waals surface area contributed by atoms with Gasteiger partial charge in [0.05, 0.1) is 18.3 Å². The van der Waals surface area contributed by atoms with Crippen LogP contribution in [0.1, 0.15) is 65.4 Å². The number of nitrogens with zero attached hydrogens (tertiary/aromatic N) is 1. The number of rotatable bonds is 12. The molecule has 0 unspecified atom stereocenters. The Balaban J connectivity index is 1.62. The van der Waals surface area contributed by atoms with Crippen LogP contribution in [0.3, 0.4) is 0 Å².